The van der Waals surface area contributed by atoms with E-state index < -0.39 is 0 Å². The number of hydrogen-bond acceptors (Lipinski definition) is 4. The maximum absolute atomic E-state index is 9.34. The largest absolute Gasteiger partial charge is 0.492 e. The number of ether oxygens (including phenoxy) is 1. The fourth-order valence-corrected chi connectivity index (χ4v) is 3.57. The predicted octanol–water partition coefficient (Wildman–Crippen LogP) is 3.39. The molecule has 0 N–H and O–H groups in total. The molecule has 1 heterocycles. The molecule has 142 valence electrons. The van der Waals surface area contributed by atoms with Crippen LogP contribution in [0.2, 0.25) is 0 Å². The molecule has 2 aromatic rings. The van der Waals surface area contributed by atoms with E-state index in [0.29, 0.717) is 6.61 Å². The van der Waals surface area contributed by atoms with E-state index in [0.717, 1.165) is 56.0 Å². The van der Waals surface area contributed by atoms with Gasteiger partial charge < -0.3 is 9.64 Å². The van der Waals surface area contributed by atoms with Crippen LogP contribution in [0, 0.1) is 25.2 Å². The SMILES string of the molecule is Cc1cc(C)c(OCCN2CCN(C)CC2)cc1Cc1ccccc1C#N. The van der Waals surface area contributed by atoms with E-state index in [1.54, 1.807) is 0 Å². The zero-order valence-corrected chi connectivity index (χ0v) is 16.7. The highest BCUT2D eigenvalue weighted by molar-refractivity contribution is 5.46. The maximum atomic E-state index is 9.34. The third-order valence-corrected chi connectivity index (χ3v) is 5.41. The van der Waals surface area contributed by atoms with Gasteiger partial charge in [0.1, 0.15) is 12.4 Å². The van der Waals surface area contributed by atoms with Gasteiger partial charge in [0.25, 0.3) is 0 Å². The van der Waals surface area contributed by atoms with E-state index in [-0.39, 0.29) is 0 Å². The van der Waals surface area contributed by atoms with Gasteiger partial charge in [-0.2, -0.15) is 5.26 Å². The average molecular weight is 364 g/mol. The van der Waals surface area contributed by atoms with Crippen molar-refractivity contribution in [2.75, 3.05) is 46.4 Å². The standard InChI is InChI=1S/C23H29N3O/c1-18-14-19(2)23(27-13-12-26-10-8-25(3)9-11-26)16-22(18)15-20-6-4-5-7-21(20)17-24/h4-7,14,16H,8-13,15H2,1-3H3. The van der Waals surface area contributed by atoms with E-state index in [1.165, 1.54) is 16.7 Å². The van der Waals surface area contributed by atoms with Crippen LogP contribution in [0.3, 0.4) is 0 Å². The number of piperazine rings is 1. The van der Waals surface area contributed by atoms with Gasteiger partial charge in [-0.25, -0.2) is 0 Å². The Labute approximate surface area is 163 Å². The molecule has 3 rings (SSSR count). The Balaban J connectivity index is 1.66. The Morgan fingerprint density at radius 3 is 2.48 bits per heavy atom. The van der Waals surface area contributed by atoms with Gasteiger partial charge in [0.05, 0.1) is 11.6 Å². The highest BCUT2D eigenvalue weighted by Crippen LogP contribution is 2.25. The Bertz CT molecular complexity index is 817. The lowest BCUT2D eigenvalue weighted by Gasteiger charge is -2.32. The average Bonchev–Trinajstić information content (AvgIpc) is 2.67. The van der Waals surface area contributed by atoms with Gasteiger partial charge >= 0.3 is 0 Å². The summed E-state index contributed by atoms with van der Waals surface area (Å²) in [6.07, 6.45) is 0.755. The van der Waals surface area contributed by atoms with Crippen LogP contribution < -0.4 is 4.74 Å². The van der Waals surface area contributed by atoms with Gasteiger partial charge in [0.15, 0.2) is 0 Å². The van der Waals surface area contributed by atoms with Crippen molar-refractivity contribution >= 4 is 0 Å². The van der Waals surface area contributed by atoms with E-state index in [4.69, 9.17) is 4.74 Å². The van der Waals surface area contributed by atoms with Crippen molar-refractivity contribution < 1.29 is 4.74 Å². The van der Waals surface area contributed by atoms with E-state index in [9.17, 15) is 5.26 Å². The molecule has 0 unspecified atom stereocenters. The molecule has 0 aromatic heterocycles. The second-order valence-corrected chi connectivity index (χ2v) is 7.48. The first kappa shape index (κ1) is 19.4. The number of nitriles is 1. The molecule has 0 radical (unpaired) electrons. The summed E-state index contributed by atoms with van der Waals surface area (Å²) in [6, 6.07) is 14.5. The Kier molecular flexibility index (Phi) is 6.49. The third-order valence-electron chi connectivity index (χ3n) is 5.41. The van der Waals surface area contributed by atoms with Crippen molar-refractivity contribution in [3.05, 3.63) is 64.2 Å². The van der Waals surface area contributed by atoms with Gasteiger partial charge in [-0.1, -0.05) is 24.3 Å². The highest BCUT2D eigenvalue weighted by Gasteiger charge is 2.14. The molecule has 0 aliphatic carbocycles. The number of hydrogen-bond donors (Lipinski definition) is 0. The smallest absolute Gasteiger partial charge is 0.122 e. The maximum Gasteiger partial charge on any atom is 0.122 e. The fourth-order valence-electron chi connectivity index (χ4n) is 3.57. The summed E-state index contributed by atoms with van der Waals surface area (Å²) in [5.41, 5.74) is 5.44. The second kappa shape index (κ2) is 9.03. The zero-order valence-electron chi connectivity index (χ0n) is 16.7. The van der Waals surface area contributed by atoms with Crippen LogP contribution >= 0.6 is 0 Å². The van der Waals surface area contributed by atoms with Crippen molar-refractivity contribution in [2.24, 2.45) is 0 Å². The van der Waals surface area contributed by atoms with Crippen LogP contribution in [-0.4, -0.2) is 56.2 Å². The molecule has 0 saturated carbocycles. The van der Waals surface area contributed by atoms with Crippen LogP contribution in [0.5, 0.6) is 5.75 Å². The lowest BCUT2D eigenvalue weighted by molar-refractivity contribution is 0.133. The molecule has 1 fully saturated rings. The first-order valence-electron chi connectivity index (χ1n) is 9.68. The van der Waals surface area contributed by atoms with Gasteiger partial charge in [-0.05, 0) is 61.7 Å². The molecular formula is C23H29N3O. The number of nitrogens with zero attached hydrogens (tertiary/aromatic N) is 3. The highest BCUT2D eigenvalue weighted by atomic mass is 16.5. The number of likely N-dealkylation sites (N-methyl/N-ethyl adjacent to an activating group) is 1. The van der Waals surface area contributed by atoms with Crippen LogP contribution in [0.4, 0.5) is 0 Å². The van der Waals surface area contributed by atoms with Gasteiger partial charge in [0.2, 0.25) is 0 Å². The molecule has 4 nitrogen and oxygen atoms in total. The molecule has 0 bridgehead atoms. The molecule has 1 aliphatic heterocycles. The summed E-state index contributed by atoms with van der Waals surface area (Å²) in [5.74, 6) is 0.958. The fraction of sp³-hybridized carbons (Fsp3) is 0.435. The Morgan fingerprint density at radius 1 is 1.00 bits per heavy atom. The molecule has 27 heavy (non-hydrogen) atoms. The summed E-state index contributed by atoms with van der Waals surface area (Å²) in [5, 5.41) is 9.34. The Morgan fingerprint density at radius 2 is 1.74 bits per heavy atom. The molecular weight excluding hydrogens is 334 g/mol. The van der Waals surface area contributed by atoms with Crippen LogP contribution in [-0.2, 0) is 6.42 Å². The monoisotopic (exact) mass is 363 g/mol. The minimum Gasteiger partial charge on any atom is -0.492 e. The topological polar surface area (TPSA) is 39.5 Å². The van der Waals surface area contributed by atoms with E-state index in [2.05, 4.69) is 48.9 Å². The number of aryl methyl sites for hydroxylation is 2. The molecule has 1 aliphatic rings. The summed E-state index contributed by atoms with van der Waals surface area (Å²) >= 11 is 0. The molecule has 4 heteroatoms. The molecule has 0 atom stereocenters. The number of benzene rings is 2. The van der Waals surface area contributed by atoms with Crippen LogP contribution in [0.15, 0.2) is 36.4 Å². The summed E-state index contributed by atoms with van der Waals surface area (Å²) in [4.78, 5) is 4.83. The zero-order chi connectivity index (χ0) is 19.2. The van der Waals surface area contributed by atoms with E-state index >= 15 is 0 Å². The van der Waals surface area contributed by atoms with Gasteiger partial charge in [-0.3, -0.25) is 4.90 Å². The number of rotatable bonds is 6. The normalized spacial score (nSPS) is 15.5. The van der Waals surface area contributed by atoms with Crippen LogP contribution in [0.25, 0.3) is 0 Å². The summed E-state index contributed by atoms with van der Waals surface area (Å²) in [7, 11) is 2.18. The predicted molar refractivity (Wildman–Crippen MR) is 109 cm³/mol. The third kappa shape index (κ3) is 5.09. The first-order chi connectivity index (χ1) is 13.1. The van der Waals surface area contributed by atoms with Gasteiger partial charge in [-0.15, -0.1) is 0 Å². The van der Waals surface area contributed by atoms with Gasteiger partial charge in [0, 0.05) is 32.7 Å². The minimum absolute atomic E-state index is 0.710. The van der Waals surface area contributed by atoms with E-state index in [1.807, 2.05) is 24.3 Å². The quantitative estimate of drug-likeness (QED) is 0.789. The Hall–Kier alpha value is -2.35. The van der Waals surface area contributed by atoms with Crippen molar-refractivity contribution in [1.29, 1.82) is 5.26 Å². The van der Waals surface area contributed by atoms with Crippen molar-refractivity contribution in [2.45, 2.75) is 20.3 Å². The van der Waals surface area contributed by atoms with Crippen molar-refractivity contribution in [1.82, 2.24) is 9.80 Å². The van der Waals surface area contributed by atoms with Crippen LogP contribution in [0.1, 0.15) is 27.8 Å². The second-order valence-electron chi connectivity index (χ2n) is 7.48. The minimum atomic E-state index is 0.710. The lowest BCUT2D eigenvalue weighted by atomic mass is 9.96. The summed E-state index contributed by atoms with van der Waals surface area (Å²) < 4.78 is 6.14. The lowest BCUT2D eigenvalue weighted by Crippen LogP contribution is -2.45. The molecule has 0 spiro atoms. The first-order valence-corrected chi connectivity index (χ1v) is 9.68. The van der Waals surface area contributed by atoms with Crippen molar-refractivity contribution in [3.63, 3.8) is 0 Å². The van der Waals surface area contributed by atoms with Crippen molar-refractivity contribution in [3.8, 4) is 11.8 Å². The molecule has 1 saturated heterocycles. The molecule has 2 aromatic carbocycles. The summed E-state index contributed by atoms with van der Waals surface area (Å²) in [6.45, 7) is 10.4. The molecule has 0 amide bonds.